The highest BCUT2D eigenvalue weighted by molar-refractivity contribution is 5.72. The maximum Gasteiger partial charge on any atom is 0.308 e. The molecule has 0 bridgehead atoms. The van der Waals surface area contributed by atoms with Crippen molar-refractivity contribution in [2.45, 2.75) is 38.6 Å². The molecule has 0 amide bonds. The van der Waals surface area contributed by atoms with Crippen LogP contribution in [0.1, 0.15) is 38.7 Å². The zero-order valence-electron chi connectivity index (χ0n) is 12.6. The van der Waals surface area contributed by atoms with E-state index in [4.69, 9.17) is 0 Å². The number of nitrogens with zero attached hydrogens (tertiary/aromatic N) is 1. The highest BCUT2D eigenvalue weighted by atomic mass is 19.1. The molecule has 2 rings (SSSR count). The van der Waals surface area contributed by atoms with Gasteiger partial charge in [0.05, 0.1) is 5.92 Å². The van der Waals surface area contributed by atoms with Crippen LogP contribution in [0.5, 0.6) is 0 Å². The Balaban J connectivity index is 2.34. The minimum Gasteiger partial charge on any atom is -0.481 e. The molecule has 3 nitrogen and oxygen atoms in total. The number of aliphatic carboxylic acids is 1. The topological polar surface area (TPSA) is 40.5 Å². The van der Waals surface area contributed by atoms with Crippen LogP contribution in [-0.4, -0.2) is 34.6 Å². The lowest BCUT2D eigenvalue weighted by Crippen LogP contribution is -2.42. The van der Waals surface area contributed by atoms with Crippen molar-refractivity contribution in [3.05, 3.63) is 35.4 Å². The van der Waals surface area contributed by atoms with Gasteiger partial charge >= 0.3 is 5.97 Å². The number of halogens is 2. The van der Waals surface area contributed by atoms with Crippen LogP contribution in [0.2, 0.25) is 0 Å². The van der Waals surface area contributed by atoms with Gasteiger partial charge in [-0.3, -0.25) is 9.69 Å². The van der Waals surface area contributed by atoms with E-state index in [1.807, 2.05) is 6.92 Å². The number of carbonyl (C=O) groups is 1. The molecule has 1 fully saturated rings. The largest absolute Gasteiger partial charge is 0.481 e. The average molecular weight is 297 g/mol. The molecule has 0 spiro atoms. The molecule has 1 heterocycles. The van der Waals surface area contributed by atoms with Gasteiger partial charge in [0.15, 0.2) is 0 Å². The highest BCUT2D eigenvalue weighted by Gasteiger charge is 2.43. The average Bonchev–Trinajstić information content (AvgIpc) is 2.84. The van der Waals surface area contributed by atoms with E-state index in [1.165, 1.54) is 12.1 Å². The number of carboxylic acids is 1. The van der Waals surface area contributed by atoms with Crippen molar-refractivity contribution in [2.75, 3.05) is 13.1 Å². The van der Waals surface area contributed by atoms with Crippen molar-refractivity contribution in [2.24, 2.45) is 5.92 Å². The zero-order chi connectivity index (χ0) is 15.8. The molecule has 1 N–H and O–H groups in total. The second kappa shape index (κ2) is 5.72. The summed E-state index contributed by atoms with van der Waals surface area (Å²) in [7, 11) is 0. The predicted octanol–water partition coefficient (Wildman–Crippen LogP) is 3.25. The van der Waals surface area contributed by atoms with E-state index in [2.05, 4.69) is 18.7 Å². The Hall–Kier alpha value is -1.49. The number of rotatable bonds is 4. The van der Waals surface area contributed by atoms with E-state index in [-0.39, 0.29) is 5.54 Å². The third kappa shape index (κ3) is 3.07. The van der Waals surface area contributed by atoms with Crippen LogP contribution in [0.25, 0.3) is 0 Å². The third-order valence-corrected chi connectivity index (χ3v) is 4.72. The van der Waals surface area contributed by atoms with Crippen LogP contribution in [0, 0.1) is 17.6 Å². The molecule has 1 aromatic carbocycles. The van der Waals surface area contributed by atoms with Crippen molar-refractivity contribution in [1.82, 2.24) is 4.90 Å². The van der Waals surface area contributed by atoms with Gasteiger partial charge in [-0.1, -0.05) is 13.0 Å². The summed E-state index contributed by atoms with van der Waals surface area (Å²) in [5, 5.41) is 9.42. The quantitative estimate of drug-likeness (QED) is 0.927. The zero-order valence-corrected chi connectivity index (χ0v) is 12.6. The highest BCUT2D eigenvalue weighted by Crippen LogP contribution is 2.38. The molecule has 1 aromatic rings. The van der Waals surface area contributed by atoms with E-state index in [0.29, 0.717) is 18.7 Å². The minimum absolute atomic E-state index is 0.140. The van der Waals surface area contributed by atoms with Crippen molar-refractivity contribution in [1.29, 1.82) is 0 Å². The molecule has 0 saturated carbocycles. The van der Waals surface area contributed by atoms with Crippen LogP contribution in [-0.2, 0) is 4.79 Å². The summed E-state index contributed by atoms with van der Waals surface area (Å²) in [5.74, 6) is -3.36. The first kappa shape index (κ1) is 15.9. The molecule has 1 unspecified atom stereocenters. The normalized spacial score (nSPS) is 23.5. The first-order chi connectivity index (χ1) is 9.76. The Morgan fingerprint density at radius 1 is 1.38 bits per heavy atom. The van der Waals surface area contributed by atoms with E-state index in [1.54, 1.807) is 0 Å². The molecule has 21 heavy (non-hydrogen) atoms. The molecule has 1 saturated heterocycles. The Morgan fingerprint density at radius 2 is 2.05 bits per heavy atom. The summed E-state index contributed by atoms with van der Waals surface area (Å²) < 4.78 is 27.0. The second-order valence-electron chi connectivity index (χ2n) is 6.29. The standard InChI is InChI=1S/C16H21F2NO2/c1-4-16(2,3)19-8-12(13(9-19)15(20)21)11-6-5-10(17)7-14(11)18/h5-7,12-13H,4,8-9H2,1-3H3,(H,20,21)/t12?,13-/m1/s1. The Labute approximate surface area is 123 Å². The Morgan fingerprint density at radius 3 is 2.57 bits per heavy atom. The number of benzene rings is 1. The van der Waals surface area contributed by atoms with Gasteiger partial charge in [-0.2, -0.15) is 0 Å². The first-order valence-corrected chi connectivity index (χ1v) is 7.19. The number of carboxylic acid groups (broad SMARTS) is 1. The Bertz CT molecular complexity index is 545. The SMILES string of the molecule is CCC(C)(C)N1CC(c2ccc(F)cc2F)[C@H](C(=O)O)C1. The van der Waals surface area contributed by atoms with Gasteiger partial charge in [0.25, 0.3) is 0 Å². The van der Waals surface area contributed by atoms with Crippen molar-refractivity contribution < 1.29 is 18.7 Å². The summed E-state index contributed by atoms with van der Waals surface area (Å²) >= 11 is 0. The van der Waals surface area contributed by atoms with Gasteiger partial charge in [-0.05, 0) is 31.9 Å². The molecule has 0 aliphatic carbocycles. The maximum atomic E-state index is 14.0. The van der Waals surface area contributed by atoms with Crippen molar-refractivity contribution >= 4 is 5.97 Å². The van der Waals surface area contributed by atoms with Crippen molar-refractivity contribution in [3.63, 3.8) is 0 Å². The molecule has 5 heteroatoms. The van der Waals surface area contributed by atoms with Gasteiger partial charge in [-0.25, -0.2) is 8.78 Å². The molecular formula is C16H21F2NO2. The molecule has 116 valence electrons. The molecule has 0 aromatic heterocycles. The molecular weight excluding hydrogens is 276 g/mol. The summed E-state index contributed by atoms with van der Waals surface area (Å²) in [4.78, 5) is 13.6. The van der Waals surface area contributed by atoms with Crippen LogP contribution in [0.15, 0.2) is 18.2 Å². The molecule has 1 aliphatic rings. The second-order valence-corrected chi connectivity index (χ2v) is 6.29. The van der Waals surface area contributed by atoms with Crippen LogP contribution < -0.4 is 0 Å². The summed E-state index contributed by atoms with van der Waals surface area (Å²) in [6.07, 6.45) is 0.873. The smallest absolute Gasteiger partial charge is 0.308 e. The fourth-order valence-electron chi connectivity index (χ4n) is 2.89. The van der Waals surface area contributed by atoms with E-state index in [9.17, 15) is 18.7 Å². The fraction of sp³-hybridized carbons (Fsp3) is 0.562. The molecule has 2 atom stereocenters. The fourth-order valence-corrected chi connectivity index (χ4v) is 2.89. The van der Waals surface area contributed by atoms with Gasteiger partial charge in [-0.15, -0.1) is 0 Å². The van der Waals surface area contributed by atoms with Gasteiger partial charge < -0.3 is 5.11 Å². The van der Waals surface area contributed by atoms with Crippen molar-refractivity contribution in [3.8, 4) is 0 Å². The number of hydrogen-bond acceptors (Lipinski definition) is 2. The van der Waals surface area contributed by atoms with Crippen LogP contribution >= 0.6 is 0 Å². The molecule has 1 aliphatic heterocycles. The lowest BCUT2D eigenvalue weighted by atomic mass is 9.88. The lowest BCUT2D eigenvalue weighted by molar-refractivity contribution is -0.141. The monoisotopic (exact) mass is 297 g/mol. The van der Waals surface area contributed by atoms with Crippen LogP contribution in [0.4, 0.5) is 8.78 Å². The summed E-state index contributed by atoms with van der Waals surface area (Å²) in [6, 6.07) is 3.38. The number of hydrogen-bond donors (Lipinski definition) is 1. The predicted molar refractivity (Wildman–Crippen MR) is 76.2 cm³/mol. The first-order valence-electron chi connectivity index (χ1n) is 7.19. The minimum atomic E-state index is -0.932. The Kier molecular flexibility index (Phi) is 4.33. The summed E-state index contributed by atoms with van der Waals surface area (Å²) in [5.41, 5.74) is 0.150. The number of likely N-dealkylation sites (tertiary alicyclic amines) is 1. The van der Waals surface area contributed by atoms with Gasteiger partial charge in [0.2, 0.25) is 0 Å². The van der Waals surface area contributed by atoms with Gasteiger partial charge in [0.1, 0.15) is 11.6 Å². The van der Waals surface area contributed by atoms with E-state index in [0.717, 1.165) is 12.5 Å². The third-order valence-electron chi connectivity index (χ3n) is 4.72. The van der Waals surface area contributed by atoms with E-state index >= 15 is 0 Å². The van der Waals surface area contributed by atoms with Crippen LogP contribution in [0.3, 0.4) is 0 Å². The van der Waals surface area contributed by atoms with Gasteiger partial charge in [0, 0.05) is 30.6 Å². The lowest BCUT2D eigenvalue weighted by Gasteiger charge is -2.34. The van der Waals surface area contributed by atoms with E-state index < -0.39 is 29.4 Å². The maximum absolute atomic E-state index is 14.0. The molecule has 0 radical (unpaired) electrons. The summed E-state index contributed by atoms with van der Waals surface area (Å²) in [6.45, 7) is 7.00.